The minimum Gasteiger partial charge on any atom is -0.467 e. The largest absolute Gasteiger partial charge is 0.467 e. The Balaban J connectivity index is 1.36. The van der Waals surface area contributed by atoms with Gasteiger partial charge in [0.15, 0.2) is 12.3 Å². The molecule has 1 saturated heterocycles. The van der Waals surface area contributed by atoms with Crippen molar-refractivity contribution in [1.29, 1.82) is 0 Å². The number of fused-ring (bicyclic) bond motifs is 1. The van der Waals surface area contributed by atoms with Crippen LogP contribution in [0.15, 0.2) is 42.7 Å². The Morgan fingerprint density at radius 3 is 2.89 bits per heavy atom. The van der Waals surface area contributed by atoms with Crippen molar-refractivity contribution in [1.82, 2.24) is 24.7 Å². The first kappa shape index (κ1) is 17.3. The van der Waals surface area contributed by atoms with E-state index in [1.165, 1.54) is 22.1 Å². The van der Waals surface area contributed by atoms with Crippen molar-refractivity contribution in [2.45, 2.75) is 19.9 Å². The van der Waals surface area contributed by atoms with Crippen molar-refractivity contribution in [3.8, 4) is 5.88 Å². The van der Waals surface area contributed by atoms with Crippen molar-refractivity contribution in [3.05, 3.63) is 48.3 Å². The Bertz CT molecular complexity index is 956. The number of rotatable bonds is 4. The zero-order valence-corrected chi connectivity index (χ0v) is 15.4. The number of carbonyl (C=O) groups excluding carboxylic acids is 1. The molecule has 27 heavy (non-hydrogen) atoms. The molecule has 1 aliphatic heterocycles. The van der Waals surface area contributed by atoms with E-state index >= 15 is 0 Å². The van der Waals surface area contributed by atoms with Crippen LogP contribution in [-0.2, 0) is 4.79 Å². The third-order valence-electron chi connectivity index (χ3n) is 4.88. The number of hydrogen-bond acceptors (Lipinski definition) is 6. The third-order valence-corrected chi connectivity index (χ3v) is 4.88. The van der Waals surface area contributed by atoms with Crippen LogP contribution in [-0.4, -0.2) is 62.9 Å². The first-order valence-electron chi connectivity index (χ1n) is 9.02. The molecule has 0 spiro atoms. The number of amides is 1. The molecule has 1 fully saturated rings. The van der Waals surface area contributed by atoms with E-state index in [0.29, 0.717) is 18.1 Å². The number of carbonyl (C=O) groups is 1. The summed E-state index contributed by atoms with van der Waals surface area (Å²) in [4.78, 5) is 16.8. The van der Waals surface area contributed by atoms with Crippen LogP contribution in [0, 0.1) is 6.92 Å². The molecule has 8 nitrogen and oxygen atoms in total. The molecule has 3 aromatic rings. The number of para-hydroxylation sites is 1. The third kappa shape index (κ3) is 3.55. The van der Waals surface area contributed by atoms with Gasteiger partial charge in [0.2, 0.25) is 5.88 Å². The van der Waals surface area contributed by atoms with Crippen molar-refractivity contribution in [3.63, 3.8) is 0 Å². The number of nitrogens with zero attached hydrogens (tertiary/aromatic N) is 6. The molecule has 1 amide bonds. The van der Waals surface area contributed by atoms with Gasteiger partial charge in [-0.2, -0.15) is 4.52 Å². The maximum absolute atomic E-state index is 12.6. The van der Waals surface area contributed by atoms with E-state index in [1.807, 2.05) is 11.0 Å². The van der Waals surface area contributed by atoms with Gasteiger partial charge in [-0.15, -0.1) is 15.3 Å². The van der Waals surface area contributed by atoms with Crippen LogP contribution in [0.4, 0.5) is 5.69 Å². The van der Waals surface area contributed by atoms with E-state index in [9.17, 15) is 4.79 Å². The van der Waals surface area contributed by atoms with Gasteiger partial charge in [0.05, 0.1) is 0 Å². The maximum atomic E-state index is 12.6. The maximum Gasteiger partial charge on any atom is 0.260 e. The van der Waals surface area contributed by atoms with Crippen LogP contribution < -0.4 is 9.64 Å². The summed E-state index contributed by atoms with van der Waals surface area (Å²) in [6.07, 6.45) is 1.50. The Kier molecular flexibility index (Phi) is 4.62. The van der Waals surface area contributed by atoms with Gasteiger partial charge in [0, 0.05) is 37.4 Å². The average molecular weight is 366 g/mol. The van der Waals surface area contributed by atoms with Crippen molar-refractivity contribution >= 4 is 17.2 Å². The molecule has 8 heteroatoms. The van der Waals surface area contributed by atoms with Gasteiger partial charge in [0.1, 0.15) is 6.33 Å². The lowest BCUT2D eigenvalue weighted by Crippen LogP contribution is -2.55. The highest BCUT2D eigenvalue weighted by Crippen LogP contribution is 2.23. The van der Waals surface area contributed by atoms with Gasteiger partial charge in [0.25, 0.3) is 5.91 Å². The molecule has 4 rings (SSSR count). The van der Waals surface area contributed by atoms with Crippen molar-refractivity contribution in [2.24, 2.45) is 0 Å². The summed E-state index contributed by atoms with van der Waals surface area (Å²) in [5, 5.41) is 11.9. The Morgan fingerprint density at radius 2 is 2.07 bits per heavy atom. The number of benzene rings is 1. The predicted molar refractivity (Wildman–Crippen MR) is 101 cm³/mol. The summed E-state index contributed by atoms with van der Waals surface area (Å²) < 4.78 is 7.10. The summed E-state index contributed by atoms with van der Waals surface area (Å²) in [6, 6.07) is 11.9. The molecule has 1 aromatic carbocycles. The highest BCUT2D eigenvalue weighted by Gasteiger charge is 2.28. The molecule has 0 saturated carbocycles. The average Bonchev–Trinajstić information content (AvgIpc) is 3.14. The van der Waals surface area contributed by atoms with Crippen molar-refractivity contribution < 1.29 is 9.53 Å². The molecule has 140 valence electrons. The molecule has 1 aliphatic rings. The quantitative estimate of drug-likeness (QED) is 0.697. The second-order valence-electron chi connectivity index (χ2n) is 6.76. The summed E-state index contributed by atoms with van der Waals surface area (Å²) in [5.74, 6) is 0.347. The fourth-order valence-corrected chi connectivity index (χ4v) is 3.47. The zero-order chi connectivity index (χ0) is 18.8. The van der Waals surface area contributed by atoms with Crippen LogP contribution >= 0.6 is 0 Å². The molecule has 2 aromatic heterocycles. The van der Waals surface area contributed by atoms with Gasteiger partial charge in [-0.25, -0.2) is 0 Å². The fourth-order valence-electron chi connectivity index (χ4n) is 3.47. The molecule has 0 bridgehead atoms. The van der Waals surface area contributed by atoms with Gasteiger partial charge in [-0.1, -0.05) is 18.2 Å². The monoisotopic (exact) mass is 366 g/mol. The van der Waals surface area contributed by atoms with Gasteiger partial charge in [-0.3, -0.25) is 4.79 Å². The summed E-state index contributed by atoms with van der Waals surface area (Å²) in [6.45, 7) is 6.45. The lowest BCUT2D eigenvalue weighted by atomic mass is 10.1. The van der Waals surface area contributed by atoms with Gasteiger partial charge < -0.3 is 14.5 Å². The van der Waals surface area contributed by atoms with E-state index in [-0.39, 0.29) is 18.6 Å². The summed E-state index contributed by atoms with van der Waals surface area (Å²) in [5.41, 5.74) is 3.12. The molecular weight excluding hydrogens is 344 g/mol. The first-order chi connectivity index (χ1) is 13.1. The zero-order valence-electron chi connectivity index (χ0n) is 15.4. The molecular formula is C19H22N6O2. The minimum atomic E-state index is -0.0324. The van der Waals surface area contributed by atoms with E-state index in [2.05, 4.69) is 52.2 Å². The van der Waals surface area contributed by atoms with Crippen LogP contribution in [0.25, 0.3) is 5.65 Å². The number of ether oxygens (including phenoxy) is 1. The lowest BCUT2D eigenvalue weighted by Gasteiger charge is -2.41. The van der Waals surface area contributed by atoms with Crippen LogP contribution in [0.1, 0.15) is 12.5 Å². The second kappa shape index (κ2) is 7.22. The normalized spacial score (nSPS) is 17.3. The van der Waals surface area contributed by atoms with E-state index in [0.717, 1.165) is 13.1 Å². The highest BCUT2D eigenvalue weighted by molar-refractivity contribution is 5.78. The van der Waals surface area contributed by atoms with Crippen LogP contribution in [0.3, 0.4) is 0 Å². The summed E-state index contributed by atoms with van der Waals surface area (Å²) in [7, 11) is 0. The predicted octanol–water partition coefficient (Wildman–Crippen LogP) is 1.55. The number of aromatic nitrogens is 4. The number of piperazine rings is 1. The van der Waals surface area contributed by atoms with Crippen molar-refractivity contribution in [2.75, 3.05) is 31.1 Å². The summed E-state index contributed by atoms with van der Waals surface area (Å²) >= 11 is 0. The molecule has 1 atom stereocenters. The topological polar surface area (TPSA) is 75.9 Å². The smallest absolute Gasteiger partial charge is 0.260 e. The number of anilines is 1. The number of hydrogen-bond donors (Lipinski definition) is 0. The molecule has 3 heterocycles. The SMILES string of the molecule is Cc1ccccc1N1CCN(C(=O)COc2ccc3nncn3n2)C(C)C1. The van der Waals surface area contributed by atoms with Gasteiger partial charge in [-0.05, 0) is 31.5 Å². The minimum absolute atomic E-state index is 0.0300. The standard InChI is InChI=1S/C19H22N6O2/c1-14-5-3-4-6-16(14)23-9-10-24(15(2)11-23)19(26)12-27-18-8-7-17-21-20-13-25(17)22-18/h3-8,13,15H,9-12H2,1-2H3. The molecule has 0 N–H and O–H groups in total. The highest BCUT2D eigenvalue weighted by atomic mass is 16.5. The molecule has 0 radical (unpaired) electrons. The van der Waals surface area contributed by atoms with E-state index in [4.69, 9.17) is 4.74 Å². The van der Waals surface area contributed by atoms with Crippen LogP contribution in [0.5, 0.6) is 5.88 Å². The Labute approximate surface area is 157 Å². The second-order valence-corrected chi connectivity index (χ2v) is 6.76. The Hall–Kier alpha value is -3.16. The molecule has 1 unspecified atom stereocenters. The Morgan fingerprint density at radius 1 is 1.22 bits per heavy atom. The first-order valence-corrected chi connectivity index (χ1v) is 9.02. The van der Waals surface area contributed by atoms with Gasteiger partial charge >= 0.3 is 0 Å². The molecule has 0 aliphatic carbocycles. The van der Waals surface area contributed by atoms with E-state index in [1.54, 1.807) is 12.1 Å². The van der Waals surface area contributed by atoms with E-state index < -0.39 is 0 Å². The lowest BCUT2D eigenvalue weighted by molar-refractivity contribution is -0.135. The van der Waals surface area contributed by atoms with Crippen LogP contribution in [0.2, 0.25) is 0 Å². The fraction of sp³-hybridized carbons (Fsp3) is 0.368. The number of aryl methyl sites for hydroxylation is 1.